The second-order valence-corrected chi connectivity index (χ2v) is 23.5. The van der Waals surface area contributed by atoms with Crippen molar-refractivity contribution in [1.29, 1.82) is 0 Å². The smallest absolute Gasteiger partial charge is 0.320 e. The molecule has 0 amide bonds. The molecule has 0 spiro atoms. The van der Waals surface area contributed by atoms with E-state index in [4.69, 9.17) is 61.1 Å². The number of likely N-dealkylation sites (N-methyl/N-ethyl adjacent to an activating group) is 1. The molecule has 0 bridgehead atoms. The van der Waals surface area contributed by atoms with Crippen LogP contribution in [0.15, 0.2) is 30.6 Å². The van der Waals surface area contributed by atoms with Crippen LogP contribution in [0.5, 0.6) is 11.5 Å². The Bertz CT molecular complexity index is 2100. The molecular formula is C51H74Cl2IN3O12S. The molecule has 4 heterocycles. The van der Waals surface area contributed by atoms with Crippen molar-refractivity contribution >= 4 is 81.0 Å². The van der Waals surface area contributed by atoms with Crippen molar-refractivity contribution in [1.82, 2.24) is 9.88 Å². The first kappa shape index (κ1) is 57.1. The minimum absolute atomic E-state index is 0.0451. The Morgan fingerprint density at radius 3 is 2.24 bits per heavy atom. The number of benzene rings is 1. The number of cyclic esters (lactones) is 1. The lowest BCUT2D eigenvalue weighted by Crippen LogP contribution is -2.60. The van der Waals surface area contributed by atoms with Gasteiger partial charge in [-0.15, -0.1) is 11.8 Å². The average Bonchev–Trinajstić information content (AvgIpc) is 3.93. The number of aliphatic hydroxyl groups excluding tert-OH is 1. The first-order valence-electron chi connectivity index (χ1n) is 24.4. The van der Waals surface area contributed by atoms with Gasteiger partial charge in [0.05, 0.1) is 53.1 Å². The Balaban J connectivity index is 1.32. The predicted molar refractivity (Wildman–Crippen MR) is 279 cm³/mol. The third kappa shape index (κ3) is 12.5. The number of ketones is 1. The number of pyridine rings is 1. The Morgan fingerprint density at radius 2 is 1.63 bits per heavy atom. The van der Waals surface area contributed by atoms with E-state index in [0.717, 1.165) is 31.4 Å². The Hall–Kier alpha value is -2.20. The minimum Gasteiger partial charge on any atom is -0.493 e. The highest BCUT2D eigenvalue weighted by Gasteiger charge is 2.61. The first-order chi connectivity index (χ1) is 33.1. The number of methoxy groups -OCH3 is 3. The van der Waals surface area contributed by atoms with Crippen molar-refractivity contribution in [3.8, 4) is 11.5 Å². The third-order valence-electron chi connectivity index (χ3n) is 15.2. The van der Waals surface area contributed by atoms with E-state index < -0.39 is 86.7 Å². The summed E-state index contributed by atoms with van der Waals surface area (Å²) in [5.74, 6) is -3.60. The van der Waals surface area contributed by atoms with Crippen molar-refractivity contribution in [2.75, 3.05) is 52.6 Å². The number of carbonyl (C=O) groups excluding carboxylic acids is 3. The fourth-order valence-corrected chi connectivity index (χ4v) is 13.8. The van der Waals surface area contributed by atoms with E-state index in [1.165, 1.54) is 11.8 Å². The Kier molecular flexibility index (Phi) is 19.9. The number of esters is 2. The standard InChI is InChI=1S/C51H74Cl2IN3O12S/c1-27-23-50(6,64-12)45(67-48-43(63-11)37(56(8)9)21-28(2)65-48)30(4)42(59)31(5)46(60)68-49(54)51(7)40(29(3)41(27)58)44(47(61)69-51)70-20-19-57(26-34-35(52)24-55-25-36(34)53)32-17-18-38(62-10)39(22-32)66-33-15-13-14-16-33/h17-18,22,24-25,27-31,33,37,40,42-45,48-49,59H,13-16,19-21,23,26H2,1-12H3/t27-,28-,29-,30+,31-,37+,40+,42+,43-,44?,45-,48+,49+,50-,51+/m1/s1. The minimum atomic E-state index is -1.43. The largest absolute Gasteiger partial charge is 0.493 e. The summed E-state index contributed by atoms with van der Waals surface area (Å²) >= 11 is 16.8. The number of anilines is 1. The summed E-state index contributed by atoms with van der Waals surface area (Å²) in [5.41, 5.74) is -1.12. The van der Waals surface area contributed by atoms with E-state index in [9.17, 15) is 14.7 Å². The molecule has 3 saturated heterocycles. The molecule has 15 nitrogen and oxygen atoms in total. The van der Waals surface area contributed by atoms with E-state index in [0.29, 0.717) is 52.4 Å². The van der Waals surface area contributed by atoms with Gasteiger partial charge in [-0.2, -0.15) is 0 Å². The van der Waals surface area contributed by atoms with Gasteiger partial charge in [-0.1, -0.05) is 44.0 Å². The van der Waals surface area contributed by atoms with E-state index in [1.807, 2.05) is 82.6 Å². The molecular weight excluding hydrogens is 1080 g/mol. The number of aliphatic hydroxyl groups is 1. The van der Waals surface area contributed by atoms with Crippen molar-refractivity contribution in [2.45, 2.75) is 157 Å². The molecule has 1 saturated carbocycles. The third-order valence-corrected chi connectivity index (χ3v) is 18.6. The number of fused-ring (bicyclic) bond motifs is 1. The summed E-state index contributed by atoms with van der Waals surface area (Å²) in [7, 11) is 8.75. The molecule has 1 unspecified atom stereocenters. The molecule has 70 heavy (non-hydrogen) atoms. The van der Waals surface area contributed by atoms with E-state index in [2.05, 4.69) is 14.8 Å². The van der Waals surface area contributed by atoms with Crippen LogP contribution in [0.25, 0.3) is 0 Å². The van der Waals surface area contributed by atoms with Crippen LogP contribution in [-0.2, 0) is 49.3 Å². The molecule has 3 aliphatic heterocycles. The lowest BCUT2D eigenvalue weighted by molar-refractivity contribution is -0.305. The number of ether oxygens (including phenoxy) is 8. The van der Waals surface area contributed by atoms with Crippen LogP contribution in [0.3, 0.4) is 0 Å². The number of nitrogens with zero attached hydrogens (tertiary/aromatic N) is 3. The average molecular weight is 1150 g/mol. The van der Waals surface area contributed by atoms with Gasteiger partial charge in [-0.05, 0) is 115 Å². The highest BCUT2D eigenvalue weighted by Crippen LogP contribution is 2.50. The van der Waals surface area contributed by atoms with Crippen LogP contribution >= 0.6 is 57.6 Å². The van der Waals surface area contributed by atoms with Gasteiger partial charge in [0.15, 0.2) is 27.5 Å². The van der Waals surface area contributed by atoms with Crippen LogP contribution in [0.4, 0.5) is 5.69 Å². The summed E-state index contributed by atoms with van der Waals surface area (Å²) in [5, 5.41) is 12.1. The van der Waals surface area contributed by atoms with Crippen molar-refractivity contribution in [3.05, 3.63) is 46.2 Å². The zero-order chi connectivity index (χ0) is 51.4. The Labute approximate surface area is 442 Å². The number of Topliss-reactive ketones (excluding diaryl/α,β-unsaturated/α-hetero) is 1. The van der Waals surface area contributed by atoms with Gasteiger partial charge in [0.2, 0.25) is 0 Å². The number of rotatable bonds is 15. The summed E-state index contributed by atoms with van der Waals surface area (Å²) in [4.78, 5) is 52.0. The first-order valence-corrected chi connectivity index (χ1v) is 27.5. The zero-order valence-corrected chi connectivity index (χ0v) is 47.1. The molecule has 4 fully saturated rings. The fraction of sp³-hybridized carbons (Fsp3) is 0.725. The second-order valence-electron chi connectivity index (χ2n) is 20.3. The number of carbonyl (C=O) groups is 3. The van der Waals surface area contributed by atoms with Gasteiger partial charge >= 0.3 is 11.9 Å². The van der Waals surface area contributed by atoms with Gasteiger partial charge in [0.1, 0.15) is 17.1 Å². The summed E-state index contributed by atoms with van der Waals surface area (Å²) in [6.07, 6.45) is 4.49. The molecule has 19 heteroatoms. The summed E-state index contributed by atoms with van der Waals surface area (Å²) in [6, 6.07) is 5.74. The molecule has 4 aliphatic rings. The number of thioether (sulfide) groups is 1. The lowest BCUT2D eigenvalue weighted by atomic mass is 9.72. The topological polar surface area (TPSA) is 165 Å². The lowest BCUT2D eigenvalue weighted by Gasteiger charge is -2.48. The molecule has 392 valence electrons. The van der Waals surface area contributed by atoms with E-state index in [1.54, 1.807) is 54.5 Å². The quantitative estimate of drug-likeness (QED) is 0.102. The number of hydrogen-bond donors (Lipinski definition) is 1. The Morgan fingerprint density at radius 1 is 0.957 bits per heavy atom. The van der Waals surface area contributed by atoms with Crippen molar-refractivity contribution in [3.63, 3.8) is 0 Å². The van der Waals surface area contributed by atoms with E-state index in [-0.39, 0.29) is 30.5 Å². The molecule has 1 aliphatic carbocycles. The van der Waals surface area contributed by atoms with E-state index >= 15 is 4.79 Å². The van der Waals surface area contributed by atoms with Crippen LogP contribution < -0.4 is 14.4 Å². The maximum absolute atomic E-state index is 15.1. The zero-order valence-electron chi connectivity index (χ0n) is 42.7. The molecule has 6 rings (SSSR count). The van der Waals surface area contributed by atoms with Gasteiger partial charge < -0.3 is 52.8 Å². The molecule has 1 N–H and O–H groups in total. The number of hydrogen-bond acceptors (Lipinski definition) is 16. The SMILES string of the molecule is COc1ccc(N(CCSC2C(=O)O[C@@]3(C)[C@H]2[C@@H](C)C(=O)[C@H](C)C[C@@](C)(OC)[C@H](O[C@@H]2O[C@H](C)C[C@H](N(C)C)[C@H]2OC)[C@@H](C)[C@H](O)[C@@H](C)C(=O)O[C@@H]3I)Cc2c(Cl)cncc2Cl)cc1OC1CCCC1. The highest BCUT2D eigenvalue weighted by molar-refractivity contribution is 14.1. The second kappa shape index (κ2) is 24.4. The number of halogens is 3. The molecule has 1 aromatic carbocycles. The highest BCUT2D eigenvalue weighted by atomic mass is 127. The molecule has 1 aromatic heterocycles. The predicted octanol–water partition coefficient (Wildman–Crippen LogP) is 8.81. The van der Waals surface area contributed by atoms with Crippen LogP contribution in [0.1, 0.15) is 92.6 Å². The molecule has 0 radical (unpaired) electrons. The van der Waals surface area contributed by atoms with Gasteiger partial charge in [-0.25, -0.2) is 0 Å². The van der Waals surface area contributed by atoms with Crippen LogP contribution in [-0.4, -0.2) is 144 Å². The number of alkyl halides is 1. The van der Waals surface area contributed by atoms with Crippen molar-refractivity contribution < 1.29 is 57.4 Å². The normalized spacial score (nSPS) is 35.8. The maximum atomic E-state index is 15.1. The van der Waals surface area contributed by atoms with Crippen LogP contribution in [0.2, 0.25) is 10.0 Å². The summed E-state index contributed by atoms with van der Waals surface area (Å²) < 4.78 is 49.4. The van der Waals surface area contributed by atoms with Gasteiger partial charge in [-0.3, -0.25) is 19.4 Å². The molecule has 2 aromatic rings. The van der Waals surface area contributed by atoms with Gasteiger partial charge in [0, 0.05) is 92.5 Å². The monoisotopic (exact) mass is 1150 g/mol. The van der Waals surface area contributed by atoms with Gasteiger partial charge in [0.25, 0.3) is 0 Å². The maximum Gasteiger partial charge on any atom is 0.320 e. The fourth-order valence-electron chi connectivity index (χ4n) is 11.0. The molecule has 15 atom stereocenters. The number of aromatic nitrogens is 1. The van der Waals surface area contributed by atoms with Crippen molar-refractivity contribution in [2.24, 2.45) is 29.6 Å². The summed E-state index contributed by atoms with van der Waals surface area (Å²) in [6.45, 7) is 13.4. The van der Waals surface area contributed by atoms with Crippen LogP contribution in [0, 0.1) is 29.6 Å².